The topological polar surface area (TPSA) is 108 Å². The van der Waals surface area contributed by atoms with E-state index in [0.717, 1.165) is 11.1 Å². The number of hydrogen-bond acceptors (Lipinski definition) is 6. The molecule has 1 aliphatic heterocycles. The van der Waals surface area contributed by atoms with Crippen LogP contribution in [0.1, 0.15) is 11.1 Å². The summed E-state index contributed by atoms with van der Waals surface area (Å²) in [6, 6.07) is 6.45. The number of amides is 1. The second kappa shape index (κ2) is 8.89. The molecule has 7 nitrogen and oxygen atoms in total. The molecular formula is C18H23NO6. The molecule has 2 rings (SSSR count). The molecule has 0 aromatic heterocycles. The fraction of sp³-hybridized carbons (Fsp3) is 0.389. The molecule has 5 unspecified atom stereocenters. The zero-order valence-corrected chi connectivity index (χ0v) is 13.9. The molecule has 1 amide bonds. The first-order chi connectivity index (χ1) is 12.0. The summed E-state index contributed by atoms with van der Waals surface area (Å²) in [6.07, 6.45) is 0.0180. The van der Waals surface area contributed by atoms with Crippen LogP contribution in [-0.2, 0) is 14.3 Å². The number of benzene rings is 1. The van der Waals surface area contributed by atoms with Gasteiger partial charge in [-0.3, -0.25) is 4.79 Å². The van der Waals surface area contributed by atoms with Crippen LogP contribution in [0, 0.1) is 0 Å². The lowest BCUT2D eigenvalue weighted by Crippen LogP contribution is -2.64. The molecule has 1 aliphatic rings. The highest BCUT2D eigenvalue weighted by Gasteiger charge is 2.44. The minimum Gasteiger partial charge on any atom is -0.394 e. The van der Waals surface area contributed by atoms with Crippen molar-refractivity contribution >= 4 is 18.1 Å². The van der Waals surface area contributed by atoms with Crippen molar-refractivity contribution in [3.05, 3.63) is 48.0 Å². The Bertz CT molecular complexity index is 612. The normalized spacial score (nSPS) is 29.5. The summed E-state index contributed by atoms with van der Waals surface area (Å²) >= 11 is 0. The van der Waals surface area contributed by atoms with Crippen molar-refractivity contribution in [2.75, 3.05) is 13.7 Å². The fourth-order valence-electron chi connectivity index (χ4n) is 2.56. The van der Waals surface area contributed by atoms with Crippen molar-refractivity contribution < 1.29 is 29.6 Å². The number of methoxy groups -OCH3 is 1. The van der Waals surface area contributed by atoms with Gasteiger partial charge in [0.05, 0.1) is 6.61 Å². The molecule has 1 heterocycles. The number of carbonyl (C=O) groups is 1. The first-order valence-electron chi connectivity index (χ1n) is 7.86. The van der Waals surface area contributed by atoms with E-state index >= 15 is 0 Å². The second-order valence-electron chi connectivity index (χ2n) is 5.68. The van der Waals surface area contributed by atoms with Gasteiger partial charge in [-0.1, -0.05) is 36.9 Å². The zero-order chi connectivity index (χ0) is 18.4. The average Bonchev–Trinajstić information content (AvgIpc) is 2.64. The van der Waals surface area contributed by atoms with E-state index in [4.69, 9.17) is 14.6 Å². The van der Waals surface area contributed by atoms with Crippen molar-refractivity contribution in [1.82, 2.24) is 5.32 Å². The van der Waals surface area contributed by atoms with Crippen molar-refractivity contribution in [2.45, 2.75) is 30.6 Å². The van der Waals surface area contributed by atoms with E-state index in [9.17, 15) is 15.0 Å². The van der Waals surface area contributed by atoms with Gasteiger partial charge in [0.1, 0.15) is 24.4 Å². The van der Waals surface area contributed by atoms with Crippen molar-refractivity contribution in [1.29, 1.82) is 0 Å². The number of nitrogens with one attached hydrogen (secondary N) is 1. The molecule has 1 fully saturated rings. The molecule has 0 spiro atoms. The second-order valence-corrected chi connectivity index (χ2v) is 5.68. The Kier molecular flexibility index (Phi) is 6.86. The first kappa shape index (κ1) is 19.3. The summed E-state index contributed by atoms with van der Waals surface area (Å²) in [5.74, 6) is -0.475. The van der Waals surface area contributed by atoms with Crippen LogP contribution < -0.4 is 5.32 Å². The Balaban J connectivity index is 2.02. The van der Waals surface area contributed by atoms with E-state index < -0.39 is 43.2 Å². The van der Waals surface area contributed by atoms with Gasteiger partial charge in [-0.05, 0) is 17.2 Å². The summed E-state index contributed by atoms with van der Waals surface area (Å²) < 4.78 is 10.4. The van der Waals surface area contributed by atoms with E-state index in [0.29, 0.717) is 0 Å². The van der Waals surface area contributed by atoms with Gasteiger partial charge < -0.3 is 30.1 Å². The smallest absolute Gasteiger partial charge is 0.244 e. The largest absolute Gasteiger partial charge is 0.394 e. The third kappa shape index (κ3) is 4.75. The lowest BCUT2D eigenvalue weighted by Gasteiger charge is -2.41. The highest BCUT2D eigenvalue weighted by Crippen LogP contribution is 2.21. The van der Waals surface area contributed by atoms with Gasteiger partial charge in [-0.15, -0.1) is 0 Å². The average molecular weight is 349 g/mol. The van der Waals surface area contributed by atoms with Crippen LogP contribution >= 0.6 is 0 Å². The van der Waals surface area contributed by atoms with Crippen LogP contribution in [0.25, 0.3) is 12.2 Å². The Labute approximate surface area is 146 Å². The number of hydrogen-bond donors (Lipinski definition) is 4. The Morgan fingerprint density at radius 1 is 1.28 bits per heavy atom. The SMILES string of the molecule is C=Cc1ccc(C=CC(=O)NC2C(OC)OC(CO)C(O)C2O)cc1. The van der Waals surface area contributed by atoms with Crippen LogP contribution in [0.5, 0.6) is 0 Å². The Hall–Kier alpha value is -2.03. The number of carbonyl (C=O) groups excluding carboxylic acids is 1. The monoisotopic (exact) mass is 349 g/mol. The van der Waals surface area contributed by atoms with E-state index in [-0.39, 0.29) is 0 Å². The summed E-state index contributed by atoms with van der Waals surface area (Å²) in [7, 11) is 1.35. The maximum absolute atomic E-state index is 12.1. The minimum atomic E-state index is -1.34. The van der Waals surface area contributed by atoms with E-state index in [2.05, 4.69) is 11.9 Å². The van der Waals surface area contributed by atoms with E-state index in [1.54, 1.807) is 12.2 Å². The van der Waals surface area contributed by atoms with Gasteiger partial charge in [-0.2, -0.15) is 0 Å². The van der Waals surface area contributed by atoms with Crippen LogP contribution in [0.4, 0.5) is 0 Å². The molecule has 5 atom stereocenters. The lowest BCUT2D eigenvalue weighted by molar-refractivity contribution is -0.262. The molecule has 1 aromatic carbocycles. The van der Waals surface area contributed by atoms with Crippen LogP contribution in [0.3, 0.4) is 0 Å². The van der Waals surface area contributed by atoms with Gasteiger partial charge in [0.15, 0.2) is 6.29 Å². The molecule has 7 heteroatoms. The molecule has 25 heavy (non-hydrogen) atoms. The summed E-state index contributed by atoms with van der Waals surface area (Å²) in [6.45, 7) is 3.20. The highest BCUT2D eigenvalue weighted by molar-refractivity contribution is 5.92. The third-order valence-electron chi connectivity index (χ3n) is 4.02. The van der Waals surface area contributed by atoms with Crippen molar-refractivity contribution in [3.63, 3.8) is 0 Å². The summed E-state index contributed by atoms with van der Waals surface area (Å²) in [5.41, 5.74) is 1.80. The third-order valence-corrected chi connectivity index (χ3v) is 4.02. The van der Waals surface area contributed by atoms with Gasteiger partial charge in [0.25, 0.3) is 0 Å². The predicted molar refractivity (Wildman–Crippen MR) is 92.3 cm³/mol. The Morgan fingerprint density at radius 2 is 1.92 bits per heavy atom. The molecular weight excluding hydrogens is 326 g/mol. The predicted octanol–water partition coefficient (Wildman–Crippen LogP) is -0.0870. The maximum atomic E-state index is 12.1. The molecule has 4 N–H and O–H groups in total. The van der Waals surface area contributed by atoms with Gasteiger partial charge in [0.2, 0.25) is 5.91 Å². The first-order valence-corrected chi connectivity index (χ1v) is 7.86. The van der Waals surface area contributed by atoms with E-state index in [1.165, 1.54) is 13.2 Å². The molecule has 1 saturated heterocycles. The van der Waals surface area contributed by atoms with Gasteiger partial charge in [-0.25, -0.2) is 0 Å². The maximum Gasteiger partial charge on any atom is 0.244 e. The molecule has 0 radical (unpaired) electrons. The number of rotatable bonds is 6. The Morgan fingerprint density at radius 3 is 2.48 bits per heavy atom. The summed E-state index contributed by atoms with van der Waals surface area (Å²) in [4.78, 5) is 12.1. The highest BCUT2D eigenvalue weighted by atomic mass is 16.7. The van der Waals surface area contributed by atoms with Crippen LogP contribution in [0.2, 0.25) is 0 Å². The molecule has 0 bridgehead atoms. The number of ether oxygens (including phenoxy) is 2. The molecule has 0 saturated carbocycles. The van der Waals surface area contributed by atoms with Crippen LogP contribution in [-0.4, -0.2) is 65.6 Å². The zero-order valence-electron chi connectivity index (χ0n) is 13.9. The van der Waals surface area contributed by atoms with Crippen LogP contribution in [0.15, 0.2) is 36.9 Å². The van der Waals surface area contributed by atoms with Gasteiger partial charge in [0, 0.05) is 13.2 Å². The molecule has 0 aliphatic carbocycles. The van der Waals surface area contributed by atoms with Crippen molar-refractivity contribution in [3.8, 4) is 0 Å². The summed E-state index contributed by atoms with van der Waals surface area (Å²) in [5, 5.41) is 31.8. The molecule has 1 aromatic rings. The van der Waals surface area contributed by atoms with Crippen molar-refractivity contribution in [2.24, 2.45) is 0 Å². The number of aliphatic hydroxyl groups excluding tert-OH is 3. The van der Waals surface area contributed by atoms with E-state index in [1.807, 2.05) is 24.3 Å². The number of aliphatic hydroxyl groups is 3. The standard InChI is InChI=1S/C18H23NO6/c1-3-11-4-6-12(7-5-11)8-9-14(21)19-15-17(23)16(22)13(10-20)25-18(15)24-2/h3-9,13,15-18,20,22-23H,1,10H2,2H3,(H,19,21). The fourth-order valence-corrected chi connectivity index (χ4v) is 2.56. The molecule has 136 valence electrons. The lowest BCUT2D eigenvalue weighted by atomic mass is 9.97. The minimum absolute atomic E-state index is 0.473. The van der Waals surface area contributed by atoms with Gasteiger partial charge >= 0.3 is 0 Å². The quantitative estimate of drug-likeness (QED) is 0.535.